The van der Waals surface area contributed by atoms with Crippen LogP contribution in [-0.4, -0.2) is 57.0 Å². The Morgan fingerprint density at radius 1 is 1.37 bits per heavy atom. The van der Waals surface area contributed by atoms with Crippen LogP contribution in [0.25, 0.3) is 0 Å². The number of nitrogens with zero attached hydrogens (tertiary/aromatic N) is 3. The topological polar surface area (TPSA) is 84.7 Å². The maximum atomic E-state index is 12.4. The van der Waals surface area contributed by atoms with Gasteiger partial charge in [-0.05, 0) is 13.8 Å². The molecule has 1 aromatic heterocycles. The van der Waals surface area contributed by atoms with Crippen LogP contribution in [0, 0.1) is 0 Å². The fourth-order valence-electron chi connectivity index (χ4n) is 2.30. The van der Waals surface area contributed by atoms with Crippen LogP contribution in [0.5, 0.6) is 0 Å². The Morgan fingerprint density at radius 3 is 2.47 bits per heavy atom. The summed E-state index contributed by atoms with van der Waals surface area (Å²) in [6.45, 7) is 4.65. The number of hydrogen-bond acceptors (Lipinski definition) is 4. The molecule has 2 heterocycles. The molecule has 1 fully saturated rings. The normalized spacial score (nSPS) is 23.4. The fraction of sp³-hybridized carbons (Fsp3) is 0.583. The minimum atomic E-state index is -1.15. The van der Waals surface area contributed by atoms with Crippen molar-refractivity contribution in [3.8, 4) is 0 Å². The van der Waals surface area contributed by atoms with Gasteiger partial charge in [0.2, 0.25) is 0 Å². The zero-order chi connectivity index (χ0) is 14.2. The molecule has 0 bridgehead atoms. The predicted octanol–water partition coefficient (Wildman–Crippen LogP) is 0.368. The van der Waals surface area contributed by atoms with Crippen LogP contribution in [0.15, 0.2) is 6.20 Å². The lowest BCUT2D eigenvalue weighted by Crippen LogP contribution is -2.48. The van der Waals surface area contributed by atoms with Gasteiger partial charge in [-0.15, -0.1) is 0 Å². The van der Waals surface area contributed by atoms with Gasteiger partial charge in [0, 0.05) is 26.3 Å². The van der Waals surface area contributed by atoms with Gasteiger partial charge in [0.1, 0.15) is 5.56 Å². The zero-order valence-corrected chi connectivity index (χ0v) is 11.2. The molecule has 19 heavy (non-hydrogen) atoms. The minimum Gasteiger partial charge on any atom is -0.478 e. The first-order valence-corrected chi connectivity index (χ1v) is 6.10. The summed E-state index contributed by atoms with van der Waals surface area (Å²) in [5.74, 6) is -1.51. The fourth-order valence-corrected chi connectivity index (χ4v) is 2.30. The van der Waals surface area contributed by atoms with Crippen molar-refractivity contribution in [1.29, 1.82) is 0 Å². The molecule has 1 aliphatic heterocycles. The number of carboxylic acid groups (broad SMARTS) is 1. The molecule has 0 aromatic carbocycles. The maximum absolute atomic E-state index is 12.4. The summed E-state index contributed by atoms with van der Waals surface area (Å²) >= 11 is 0. The van der Waals surface area contributed by atoms with Crippen molar-refractivity contribution in [3.05, 3.63) is 17.5 Å². The number of aryl methyl sites for hydroxylation is 1. The van der Waals surface area contributed by atoms with E-state index in [2.05, 4.69) is 5.10 Å². The molecule has 1 amide bonds. The molecular formula is C12H17N3O4. The second-order valence-electron chi connectivity index (χ2n) is 4.84. The van der Waals surface area contributed by atoms with Gasteiger partial charge in [-0.1, -0.05) is 0 Å². The molecule has 0 radical (unpaired) electrons. The first kappa shape index (κ1) is 13.5. The van der Waals surface area contributed by atoms with E-state index < -0.39 is 5.97 Å². The quantitative estimate of drug-likeness (QED) is 0.836. The summed E-state index contributed by atoms with van der Waals surface area (Å²) in [6.07, 6.45) is 1.21. The SMILES string of the molecule is C[C@@H]1CN(C(=O)c2nn(C)cc2C(=O)O)C[C@@H](C)O1. The smallest absolute Gasteiger partial charge is 0.339 e. The number of carbonyl (C=O) groups excluding carboxylic acids is 1. The molecule has 2 rings (SSSR count). The van der Waals surface area contributed by atoms with Gasteiger partial charge in [-0.2, -0.15) is 5.10 Å². The Hall–Kier alpha value is -1.89. The van der Waals surface area contributed by atoms with Gasteiger partial charge >= 0.3 is 5.97 Å². The average molecular weight is 267 g/mol. The number of rotatable bonds is 2. The Labute approximate surface area is 110 Å². The zero-order valence-electron chi connectivity index (χ0n) is 11.2. The molecule has 104 valence electrons. The molecule has 0 aliphatic carbocycles. The Balaban J connectivity index is 2.26. The first-order valence-electron chi connectivity index (χ1n) is 6.10. The van der Waals surface area contributed by atoms with Crippen molar-refractivity contribution in [1.82, 2.24) is 14.7 Å². The first-order chi connectivity index (χ1) is 8.88. The molecule has 1 aromatic rings. The summed E-state index contributed by atoms with van der Waals surface area (Å²) in [5.41, 5.74) is -0.0874. The monoisotopic (exact) mass is 267 g/mol. The van der Waals surface area contributed by atoms with Crippen molar-refractivity contribution in [2.24, 2.45) is 7.05 Å². The van der Waals surface area contributed by atoms with E-state index in [0.29, 0.717) is 13.1 Å². The summed E-state index contributed by atoms with van der Waals surface area (Å²) in [7, 11) is 1.59. The Morgan fingerprint density at radius 2 is 1.95 bits per heavy atom. The van der Waals surface area contributed by atoms with Crippen LogP contribution in [-0.2, 0) is 11.8 Å². The Kier molecular flexibility index (Phi) is 3.57. The van der Waals surface area contributed by atoms with Crippen molar-refractivity contribution >= 4 is 11.9 Å². The van der Waals surface area contributed by atoms with Gasteiger partial charge in [-0.25, -0.2) is 4.79 Å². The Bertz CT molecular complexity index is 501. The van der Waals surface area contributed by atoms with Crippen molar-refractivity contribution < 1.29 is 19.4 Å². The minimum absolute atomic E-state index is 0.0173. The van der Waals surface area contributed by atoms with E-state index in [0.717, 1.165) is 0 Å². The summed E-state index contributed by atoms with van der Waals surface area (Å²) in [4.78, 5) is 25.1. The number of carbonyl (C=O) groups is 2. The highest BCUT2D eigenvalue weighted by molar-refractivity contribution is 6.03. The van der Waals surface area contributed by atoms with E-state index in [1.54, 1.807) is 11.9 Å². The highest BCUT2D eigenvalue weighted by Gasteiger charge is 2.30. The molecule has 0 spiro atoms. The standard InChI is InChI=1S/C12H17N3O4/c1-7-4-15(5-8(2)19-7)11(16)10-9(12(17)18)6-14(3)13-10/h6-8H,4-5H2,1-3H3,(H,17,18)/t7-,8-/m1/s1. The van der Waals surface area contributed by atoms with Crippen LogP contribution in [0.3, 0.4) is 0 Å². The van der Waals surface area contributed by atoms with E-state index in [-0.39, 0.29) is 29.4 Å². The van der Waals surface area contributed by atoms with E-state index in [9.17, 15) is 9.59 Å². The van der Waals surface area contributed by atoms with Crippen molar-refractivity contribution in [2.45, 2.75) is 26.1 Å². The lowest BCUT2D eigenvalue weighted by molar-refractivity contribution is -0.0587. The highest BCUT2D eigenvalue weighted by Crippen LogP contribution is 2.16. The lowest BCUT2D eigenvalue weighted by atomic mass is 10.2. The predicted molar refractivity (Wildman–Crippen MR) is 66.1 cm³/mol. The second-order valence-corrected chi connectivity index (χ2v) is 4.84. The van der Waals surface area contributed by atoms with Gasteiger partial charge in [0.15, 0.2) is 5.69 Å². The van der Waals surface area contributed by atoms with E-state index in [1.165, 1.54) is 10.9 Å². The van der Waals surface area contributed by atoms with E-state index in [4.69, 9.17) is 9.84 Å². The third kappa shape index (κ3) is 2.76. The molecule has 0 unspecified atom stereocenters. The van der Waals surface area contributed by atoms with Crippen LogP contribution < -0.4 is 0 Å². The van der Waals surface area contributed by atoms with Gasteiger partial charge in [0.05, 0.1) is 12.2 Å². The third-order valence-corrected chi connectivity index (χ3v) is 2.97. The van der Waals surface area contributed by atoms with Gasteiger partial charge in [-0.3, -0.25) is 9.48 Å². The molecule has 0 saturated carbocycles. The van der Waals surface area contributed by atoms with Crippen LogP contribution in [0.2, 0.25) is 0 Å². The van der Waals surface area contributed by atoms with E-state index in [1.807, 2.05) is 13.8 Å². The van der Waals surface area contributed by atoms with Crippen molar-refractivity contribution in [3.63, 3.8) is 0 Å². The number of aromatic nitrogens is 2. The summed E-state index contributed by atoms with van der Waals surface area (Å²) in [5, 5.41) is 13.0. The number of aromatic carboxylic acids is 1. The molecular weight excluding hydrogens is 250 g/mol. The maximum Gasteiger partial charge on any atom is 0.339 e. The lowest BCUT2D eigenvalue weighted by Gasteiger charge is -2.35. The number of carboxylic acids is 1. The molecule has 7 heteroatoms. The number of morpholine rings is 1. The summed E-state index contributed by atoms with van der Waals surface area (Å²) in [6, 6.07) is 0. The number of hydrogen-bond donors (Lipinski definition) is 1. The van der Waals surface area contributed by atoms with E-state index >= 15 is 0 Å². The van der Waals surface area contributed by atoms with Crippen LogP contribution in [0.1, 0.15) is 34.7 Å². The number of amides is 1. The van der Waals surface area contributed by atoms with Gasteiger partial charge in [0.25, 0.3) is 5.91 Å². The van der Waals surface area contributed by atoms with Crippen molar-refractivity contribution in [2.75, 3.05) is 13.1 Å². The van der Waals surface area contributed by atoms with Crippen LogP contribution in [0.4, 0.5) is 0 Å². The number of ether oxygens (including phenoxy) is 1. The molecule has 1 N–H and O–H groups in total. The molecule has 7 nitrogen and oxygen atoms in total. The van der Waals surface area contributed by atoms with Crippen LogP contribution >= 0.6 is 0 Å². The summed E-state index contributed by atoms with van der Waals surface area (Å²) < 4.78 is 6.89. The molecule has 2 atom stereocenters. The average Bonchev–Trinajstić information content (AvgIpc) is 2.69. The highest BCUT2D eigenvalue weighted by atomic mass is 16.5. The molecule has 1 aliphatic rings. The second kappa shape index (κ2) is 5.00. The van der Waals surface area contributed by atoms with Gasteiger partial charge < -0.3 is 14.7 Å². The largest absolute Gasteiger partial charge is 0.478 e. The molecule has 1 saturated heterocycles. The third-order valence-electron chi connectivity index (χ3n) is 2.97.